The van der Waals surface area contributed by atoms with Crippen LogP contribution in [0.15, 0.2) is 0 Å². The second-order valence-electron chi connectivity index (χ2n) is 6.42. The number of carboxylic acid groups (broad SMARTS) is 1. The first-order valence-corrected chi connectivity index (χ1v) is 7.92. The summed E-state index contributed by atoms with van der Waals surface area (Å²) in [5, 5.41) is 9.10. The summed E-state index contributed by atoms with van der Waals surface area (Å²) in [5.41, 5.74) is 6.38. The molecule has 0 aromatic heterocycles. The van der Waals surface area contributed by atoms with Crippen LogP contribution in [0, 0.1) is 20.8 Å². The number of benzene rings is 1. The average molecular weight is 304 g/mol. The van der Waals surface area contributed by atoms with E-state index >= 15 is 0 Å². The molecule has 1 amide bonds. The molecule has 1 unspecified atom stereocenters. The molecule has 2 aliphatic rings. The molecule has 0 bridgehead atoms. The average Bonchev–Trinajstić information content (AvgIpc) is 2.88. The number of hydrogen-bond donors (Lipinski definition) is 1. The lowest BCUT2D eigenvalue weighted by Crippen LogP contribution is -2.48. The van der Waals surface area contributed by atoms with Crippen LogP contribution in [0.25, 0.3) is 0 Å². The van der Waals surface area contributed by atoms with Gasteiger partial charge in [-0.05, 0) is 44.4 Å². The third-order valence-corrected chi connectivity index (χ3v) is 5.02. The molecule has 22 heavy (non-hydrogen) atoms. The van der Waals surface area contributed by atoms with Crippen molar-refractivity contribution in [2.24, 2.45) is 0 Å². The van der Waals surface area contributed by atoms with E-state index in [0.717, 1.165) is 25.3 Å². The highest BCUT2D eigenvalue weighted by atomic mass is 16.5. The topological polar surface area (TPSA) is 53.0 Å². The molecule has 0 saturated carbocycles. The van der Waals surface area contributed by atoms with E-state index in [1.165, 1.54) is 32.8 Å². The van der Waals surface area contributed by atoms with Crippen LogP contribution >= 0.6 is 0 Å². The number of ether oxygens (including phenoxy) is 1. The molecule has 120 valence electrons. The molecule has 0 radical (unpaired) electrons. The maximum atomic E-state index is 11.1. The molecule has 5 nitrogen and oxygen atoms in total. The minimum atomic E-state index is -0.819. The third-order valence-electron chi connectivity index (χ3n) is 5.02. The summed E-state index contributed by atoms with van der Waals surface area (Å²) < 4.78 is 5.99. The summed E-state index contributed by atoms with van der Waals surface area (Å²) in [6.07, 6.45) is 0.385. The van der Waals surface area contributed by atoms with E-state index in [9.17, 15) is 4.79 Å². The Morgan fingerprint density at radius 3 is 2.32 bits per heavy atom. The Kier molecular flexibility index (Phi) is 3.67. The molecule has 3 rings (SSSR count). The van der Waals surface area contributed by atoms with Gasteiger partial charge in [0.15, 0.2) is 0 Å². The van der Waals surface area contributed by atoms with E-state index in [2.05, 4.69) is 32.6 Å². The predicted molar refractivity (Wildman–Crippen MR) is 86.3 cm³/mol. The fourth-order valence-electron chi connectivity index (χ4n) is 3.70. The van der Waals surface area contributed by atoms with Gasteiger partial charge in [0.25, 0.3) is 0 Å². The minimum Gasteiger partial charge on any atom is -0.490 e. The lowest BCUT2D eigenvalue weighted by Gasteiger charge is -2.37. The van der Waals surface area contributed by atoms with E-state index in [1.54, 1.807) is 0 Å². The lowest BCUT2D eigenvalue weighted by molar-refractivity contribution is 0.142. The molecule has 1 fully saturated rings. The van der Waals surface area contributed by atoms with Gasteiger partial charge in [0.2, 0.25) is 0 Å². The fourth-order valence-corrected chi connectivity index (χ4v) is 3.70. The van der Waals surface area contributed by atoms with Crippen LogP contribution < -0.4 is 9.64 Å². The zero-order chi connectivity index (χ0) is 16.0. The molecule has 5 heteroatoms. The zero-order valence-electron chi connectivity index (χ0n) is 13.8. The van der Waals surface area contributed by atoms with Crippen molar-refractivity contribution in [2.45, 2.75) is 40.2 Å². The Morgan fingerprint density at radius 2 is 1.73 bits per heavy atom. The summed E-state index contributed by atoms with van der Waals surface area (Å²) in [6, 6.07) is 0. The van der Waals surface area contributed by atoms with E-state index in [0.29, 0.717) is 13.1 Å². The number of nitrogens with zero attached hydrogens (tertiary/aromatic N) is 2. The highest BCUT2D eigenvalue weighted by molar-refractivity contribution is 5.70. The molecular weight excluding hydrogens is 280 g/mol. The van der Waals surface area contributed by atoms with Crippen molar-refractivity contribution in [3.05, 3.63) is 22.3 Å². The summed E-state index contributed by atoms with van der Waals surface area (Å²) in [6.45, 7) is 11.2. The summed E-state index contributed by atoms with van der Waals surface area (Å²) in [7, 11) is 0. The molecule has 1 aromatic carbocycles. The number of anilines is 1. The van der Waals surface area contributed by atoms with Gasteiger partial charge in [0.05, 0.1) is 0 Å². The van der Waals surface area contributed by atoms with Crippen LogP contribution in [-0.2, 0) is 6.42 Å². The van der Waals surface area contributed by atoms with Gasteiger partial charge in [0, 0.05) is 43.9 Å². The van der Waals surface area contributed by atoms with Gasteiger partial charge < -0.3 is 19.6 Å². The lowest BCUT2D eigenvalue weighted by atomic mass is 9.94. The molecule has 1 N–H and O–H groups in total. The van der Waals surface area contributed by atoms with E-state index < -0.39 is 6.09 Å². The Morgan fingerprint density at radius 1 is 1.09 bits per heavy atom. The second kappa shape index (κ2) is 5.38. The van der Waals surface area contributed by atoms with Crippen LogP contribution in [0.5, 0.6) is 5.75 Å². The monoisotopic (exact) mass is 304 g/mol. The molecule has 2 aliphatic heterocycles. The van der Waals surface area contributed by atoms with Gasteiger partial charge in [0.1, 0.15) is 11.9 Å². The molecule has 1 saturated heterocycles. The van der Waals surface area contributed by atoms with Crippen LogP contribution in [-0.4, -0.2) is 48.4 Å². The summed E-state index contributed by atoms with van der Waals surface area (Å²) >= 11 is 0. The Hall–Kier alpha value is -1.91. The van der Waals surface area contributed by atoms with Crippen molar-refractivity contribution in [3.8, 4) is 5.75 Å². The van der Waals surface area contributed by atoms with Crippen molar-refractivity contribution < 1.29 is 14.6 Å². The van der Waals surface area contributed by atoms with Gasteiger partial charge in [-0.1, -0.05) is 0 Å². The Labute approximate surface area is 131 Å². The molecule has 0 spiro atoms. The number of piperazine rings is 1. The van der Waals surface area contributed by atoms with E-state index in [-0.39, 0.29) is 6.10 Å². The summed E-state index contributed by atoms with van der Waals surface area (Å²) in [5.74, 6) is 1.07. The maximum Gasteiger partial charge on any atom is 0.407 e. The number of fused-ring (bicyclic) bond motifs is 1. The van der Waals surface area contributed by atoms with E-state index in [4.69, 9.17) is 9.84 Å². The highest BCUT2D eigenvalue weighted by Gasteiger charge is 2.30. The molecule has 1 atom stereocenters. The predicted octanol–water partition coefficient (Wildman–Crippen LogP) is 2.74. The van der Waals surface area contributed by atoms with Crippen molar-refractivity contribution in [1.82, 2.24) is 4.90 Å². The second-order valence-corrected chi connectivity index (χ2v) is 6.42. The quantitative estimate of drug-likeness (QED) is 0.867. The largest absolute Gasteiger partial charge is 0.490 e. The minimum absolute atomic E-state index is 0.242. The van der Waals surface area contributed by atoms with Gasteiger partial charge in [-0.2, -0.15) is 0 Å². The number of amides is 1. The third kappa shape index (κ3) is 2.28. The molecular formula is C17H24N2O3. The molecule has 2 heterocycles. The SMILES string of the molecule is Cc1c(C)c(N2CCN(C(=O)O)CC2)c(C)c2c1OC(C)C2. The zero-order valence-corrected chi connectivity index (χ0v) is 13.8. The van der Waals surface area contributed by atoms with E-state index in [1.807, 2.05) is 0 Å². The first-order chi connectivity index (χ1) is 10.4. The van der Waals surface area contributed by atoms with Crippen molar-refractivity contribution in [3.63, 3.8) is 0 Å². The Balaban J connectivity index is 1.94. The van der Waals surface area contributed by atoms with Crippen LogP contribution in [0.1, 0.15) is 29.2 Å². The summed E-state index contributed by atoms with van der Waals surface area (Å²) in [4.78, 5) is 14.9. The van der Waals surface area contributed by atoms with Crippen LogP contribution in [0.4, 0.5) is 10.5 Å². The van der Waals surface area contributed by atoms with Crippen LogP contribution in [0.2, 0.25) is 0 Å². The fraction of sp³-hybridized carbons (Fsp3) is 0.588. The van der Waals surface area contributed by atoms with Gasteiger partial charge in [-0.3, -0.25) is 0 Å². The van der Waals surface area contributed by atoms with Crippen molar-refractivity contribution in [2.75, 3.05) is 31.1 Å². The van der Waals surface area contributed by atoms with Gasteiger partial charge in [-0.25, -0.2) is 4.79 Å². The van der Waals surface area contributed by atoms with Crippen molar-refractivity contribution >= 4 is 11.8 Å². The standard InChI is InChI=1S/C17H24N2O3/c1-10-9-14-13(4)15(11(2)12(3)16(14)22-10)18-5-7-19(8-6-18)17(20)21/h10H,5-9H2,1-4H3,(H,20,21). The first kappa shape index (κ1) is 15.0. The van der Waals surface area contributed by atoms with Gasteiger partial charge in [-0.15, -0.1) is 0 Å². The molecule has 1 aromatic rings. The number of rotatable bonds is 1. The molecule has 0 aliphatic carbocycles. The van der Waals surface area contributed by atoms with Gasteiger partial charge >= 0.3 is 6.09 Å². The maximum absolute atomic E-state index is 11.1. The van der Waals surface area contributed by atoms with Crippen LogP contribution in [0.3, 0.4) is 0 Å². The Bertz CT molecular complexity index is 619. The smallest absolute Gasteiger partial charge is 0.407 e. The number of carbonyl (C=O) groups is 1. The normalized spacial score (nSPS) is 20.8. The number of hydrogen-bond acceptors (Lipinski definition) is 3. The highest BCUT2D eigenvalue weighted by Crippen LogP contribution is 2.42. The first-order valence-electron chi connectivity index (χ1n) is 7.92. The van der Waals surface area contributed by atoms with Crippen molar-refractivity contribution in [1.29, 1.82) is 0 Å².